The first-order valence-electron chi connectivity index (χ1n) is 11.9. The zero-order chi connectivity index (χ0) is 26.2. The van der Waals surface area contributed by atoms with Crippen molar-refractivity contribution in [3.05, 3.63) is 71.8 Å². The minimum Gasteiger partial charge on any atom is -0.490 e. The maximum Gasteiger partial charge on any atom is 0.322 e. The van der Waals surface area contributed by atoms with Gasteiger partial charge < -0.3 is 30.3 Å². The van der Waals surface area contributed by atoms with E-state index in [4.69, 9.17) is 14.6 Å². The maximum atomic E-state index is 12.6. The second kappa shape index (κ2) is 16.1. The van der Waals surface area contributed by atoms with Crippen molar-refractivity contribution in [1.82, 2.24) is 10.6 Å². The molecule has 0 aliphatic heterocycles. The van der Waals surface area contributed by atoms with Crippen molar-refractivity contribution in [3.63, 3.8) is 0 Å². The van der Waals surface area contributed by atoms with Gasteiger partial charge in [0, 0.05) is 13.0 Å². The number of allylic oxidation sites excluding steroid dienone is 1. The highest BCUT2D eigenvalue weighted by molar-refractivity contribution is 5.86. The Morgan fingerprint density at radius 1 is 1.03 bits per heavy atom. The summed E-state index contributed by atoms with van der Waals surface area (Å²) in [5, 5.41) is 24.2. The Morgan fingerprint density at radius 2 is 1.75 bits per heavy atom. The van der Waals surface area contributed by atoms with Gasteiger partial charge in [0.2, 0.25) is 5.91 Å². The average molecular weight is 499 g/mol. The quantitative estimate of drug-likeness (QED) is 0.158. The molecule has 0 aromatic heterocycles. The largest absolute Gasteiger partial charge is 0.490 e. The zero-order valence-corrected chi connectivity index (χ0v) is 20.4. The molecular weight excluding hydrogens is 464 g/mol. The standard InChI is InChI=1S/C27H34N2O7/c1-2-16-28-17-21(30)19-35-23-11-7-6-10-22(23)24(13-12-20-8-4-3-5-9-20)36-27(34)15-14-25(31)29-18-26(32)33/h3-11,13,21,28,30H,2,12,14-19H2,1H3,(H,29,31)(H,32,33)/b24-13-. The number of carboxylic acid groups (broad SMARTS) is 1. The Kier molecular flexibility index (Phi) is 12.7. The fourth-order valence-electron chi connectivity index (χ4n) is 3.17. The lowest BCUT2D eigenvalue weighted by atomic mass is 10.1. The minimum atomic E-state index is -1.17. The second-order valence-electron chi connectivity index (χ2n) is 8.07. The molecule has 194 valence electrons. The van der Waals surface area contributed by atoms with Gasteiger partial charge in [0.15, 0.2) is 0 Å². The molecule has 4 N–H and O–H groups in total. The van der Waals surface area contributed by atoms with Crippen molar-refractivity contribution in [2.45, 2.75) is 38.7 Å². The third-order valence-electron chi connectivity index (χ3n) is 4.97. The molecule has 0 fully saturated rings. The van der Waals surface area contributed by atoms with Crippen LogP contribution in [0.2, 0.25) is 0 Å². The van der Waals surface area contributed by atoms with Crippen molar-refractivity contribution in [2.75, 3.05) is 26.2 Å². The molecule has 0 saturated carbocycles. The number of benzene rings is 2. The van der Waals surface area contributed by atoms with Crippen LogP contribution in [-0.2, 0) is 25.5 Å². The van der Waals surface area contributed by atoms with Gasteiger partial charge in [0.25, 0.3) is 0 Å². The van der Waals surface area contributed by atoms with Gasteiger partial charge in [0.05, 0.1) is 12.0 Å². The van der Waals surface area contributed by atoms with E-state index < -0.39 is 30.5 Å². The summed E-state index contributed by atoms with van der Waals surface area (Å²) in [6.45, 7) is 2.77. The number of hydrogen-bond acceptors (Lipinski definition) is 7. The summed E-state index contributed by atoms with van der Waals surface area (Å²) in [4.78, 5) is 34.9. The van der Waals surface area contributed by atoms with E-state index in [-0.39, 0.29) is 25.2 Å². The molecule has 0 heterocycles. The number of para-hydroxylation sites is 1. The zero-order valence-electron chi connectivity index (χ0n) is 20.4. The molecule has 0 saturated heterocycles. The molecular formula is C27H34N2O7. The van der Waals surface area contributed by atoms with Crippen LogP contribution in [0, 0.1) is 0 Å². The molecule has 1 unspecified atom stereocenters. The van der Waals surface area contributed by atoms with Crippen LogP contribution in [-0.4, -0.2) is 60.4 Å². The number of aliphatic hydroxyl groups excluding tert-OH is 1. The first-order chi connectivity index (χ1) is 17.4. The molecule has 0 aliphatic carbocycles. The summed E-state index contributed by atoms with van der Waals surface area (Å²) < 4.78 is 11.5. The molecule has 0 radical (unpaired) electrons. The Bertz CT molecular complexity index is 1010. The number of ether oxygens (including phenoxy) is 2. The second-order valence-corrected chi connectivity index (χ2v) is 8.07. The SMILES string of the molecule is CCCNCC(O)COc1ccccc1/C(=C/Cc1ccccc1)OC(=O)CCC(=O)NCC(=O)O. The van der Waals surface area contributed by atoms with E-state index in [2.05, 4.69) is 10.6 Å². The summed E-state index contributed by atoms with van der Waals surface area (Å²) in [7, 11) is 0. The number of hydrogen-bond donors (Lipinski definition) is 4. The molecule has 2 aromatic carbocycles. The summed E-state index contributed by atoms with van der Waals surface area (Å²) in [5.74, 6) is -1.65. The number of aliphatic carboxylic acids is 1. The fourth-order valence-corrected chi connectivity index (χ4v) is 3.17. The predicted molar refractivity (Wildman–Crippen MR) is 135 cm³/mol. The Labute approximate surface area is 211 Å². The first-order valence-corrected chi connectivity index (χ1v) is 11.9. The minimum absolute atomic E-state index is 0.0530. The maximum absolute atomic E-state index is 12.6. The van der Waals surface area contributed by atoms with Crippen LogP contribution in [0.5, 0.6) is 5.75 Å². The molecule has 9 heteroatoms. The van der Waals surface area contributed by atoms with E-state index in [1.807, 2.05) is 37.3 Å². The number of carbonyl (C=O) groups is 3. The summed E-state index contributed by atoms with van der Waals surface area (Å²) in [5.41, 5.74) is 1.54. The van der Waals surface area contributed by atoms with E-state index in [9.17, 15) is 19.5 Å². The monoisotopic (exact) mass is 498 g/mol. The molecule has 2 aromatic rings. The van der Waals surface area contributed by atoms with Crippen LogP contribution < -0.4 is 15.4 Å². The van der Waals surface area contributed by atoms with Gasteiger partial charge in [-0.15, -0.1) is 0 Å². The van der Waals surface area contributed by atoms with Crippen LogP contribution >= 0.6 is 0 Å². The summed E-state index contributed by atoms with van der Waals surface area (Å²) in [6.07, 6.45) is 2.07. The normalized spacial score (nSPS) is 12.0. The lowest BCUT2D eigenvalue weighted by Gasteiger charge is -2.17. The van der Waals surface area contributed by atoms with Gasteiger partial charge in [-0.3, -0.25) is 14.4 Å². The number of aliphatic hydroxyl groups is 1. The predicted octanol–water partition coefficient (Wildman–Crippen LogP) is 2.53. The topological polar surface area (TPSA) is 134 Å². The van der Waals surface area contributed by atoms with Crippen LogP contribution in [0.3, 0.4) is 0 Å². The third-order valence-corrected chi connectivity index (χ3v) is 4.97. The first kappa shape index (κ1) is 28.5. The third kappa shape index (κ3) is 11.2. The van der Waals surface area contributed by atoms with E-state index in [0.29, 0.717) is 24.3 Å². The average Bonchev–Trinajstić information content (AvgIpc) is 2.88. The lowest BCUT2D eigenvalue weighted by Crippen LogP contribution is -2.31. The highest BCUT2D eigenvalue weighted by Crippen LogP contribution is 2.28. The number of rotatable bonds is 16. The Hall–Kier alpha value is -3.69. The van der Waals surface area contributed by atoms with Crippen molar-refractivity contribution >= 4 is 23.6 Å². The van der Waals surface area contributed by atoms with Crippen molar-refractivity contribution in [1.29, 1.82) is 0 Å². The van der Waals surface area contributed by atoms with E-state index in [0.717, 1.165) is 18.5 Å². The Morgan fingerprint density at radius 3 is 2.47 bits per heavy atom. The van der Waals surface area contributed by atoms with Crippen LogP contribution in [0.1, 0.15) is 37.3 Å². The molecule has 0 bridgehead atoms. The number of nitrogens with one attached hydrogen (secondary N) is 2. The smallest absolute Gasteiger partial charge is 0.322 e. The van der Waals surface area contributed by atoms with Crippen LogP contribution in [0.15, 0.2) is 60.7 Å². The van der Waals surface area contributed by atoms with Gasteiger partial charge in [-0.1, -0.05) is 49.4 Å². The fraction of sp³-hybridized carbons (Fsp3) is 0.370. The van der Waals surface area contributed by atoms with Crippen molar-refractivity contribution < 1.29 is 34.1 Å². The van der Waals surface area contributed by atoms with E-state index in [1.165, 1.54) is 0 Å². The highest BCUT2D eigenvalue weighted by atomic mass is 16.5. The molecule has 0 aliphatic rings. The summed E-state index contributed by atoms with van der Waals surface area (Å²) >= 11 is 0. The highest BCUT2D eigenvalue weighted by Gasteiger charge is 2.17. The van der Waals surface area contributed by atoms with Gasteiger partial charge in [-0.2, -0.15) is 0 Å². The van der Waals surface area contributed by atoms with Crippen molar-refractivity contribution in [2.24, 2.45) is 0 Å². The number of carbonyl (C=O) groups excluding carboxylic acids is 2. The lowest BCUT2D eigenvalue weighted by molar-refractivity contribution is -0.139. The molecule has 0 spiro atoms. The van der Waals surface area contributed by atoms with Crippen LogP contribution in [0.25, 0.3) is 5.76 Å². The molecule has 1 amide bonds. The van der Waals surface area contributed by atoms with E-state index in [1.54, 1.807) is 30.3 Å². The van der Waals surface area contributed by atoms with Crippen molar-refractivity contribution in [3.8, 4) is 5.75 Å². The van der Waals surface area contributed by atoms with Crippen LogP contribution in [0.4, 0.5) is 0 Å². The number of amides is 1. The van der Waals surface area contributed by atoms with E-state index >= 15 is 0 Å². The Balaban J connectivity index is 2.13. The number of esters is 1. The summed E-state index contributed by atoms with van der Waals surface area (Å²) in [6, 6.07) is 16.7. The van der Waals surface area contributed by atoms with Gasteiger partial charge in [-0.25, -0.2) is 0 Å². The van der Waals surface area contributed by atoms with Gasteiger partial charge in [0.1, 0.15) is 30.8 Å². The van der Waals surface area contributed by atoms with Gasteiger partial charge >= 0.3 is 11.9 Å². The molecule has 2 rings (SSSR count). The molecule has 1 atom stereocenters. The number of carboxylic acids is 1. The molecule has 36 heavy (non-hydrogen) atoms. The van der Waals surface area contributed by atoms with Gasteiger partial charge in [-0.05, 0) is 43.2 Å². The molecule has 9 nitrogen and oxygen atoms in total.